The third-order valence-electron chi connectivity index (χ3n) is 7.81. The standard InChI is InChI=1S/C27H40F3N5O3/c1-5-33(14-18-6-8-20(9-7-18)27(28,29)30)23-21-11-13-34(24(21)32-17-31-23)15-19-10-12-35(16-22(19)36)25(37)38-26(2,3)4/h11,13,17-20,22,36H,5-10,12,14-16H2,1-4H3/t18?,19-,20?,22+/m1/s1. The number of piperidine rings is 1. The van der Waals surface area contributed by atoms with Gasteiger partial charge in [0.15, 0.2) is 0 Å². The fourth-order valence-electron chi connectivity index (χ4n) is 5.68. The Labute approximate surface area is 222 Å². The van der Waals surface area contributed by atoms with E-state index in [-0.39, 0.29) is 31.2 Å². The van der Waals surface area contributed by atoms with E-state index in [4.69, 9.17) is 4.74 Å². The molecule has 1 aliphatic heterocycles. The Morgan fingerprint density at radius 1 is 1.16 bits per heavy atom. The number of hydrogen-bond acceptors (Lipinski definition) is 6. The molecule has 1 amide bonds. The summed E-state index contributed by atoms with van der Waals surface area (Å²) in [5.41, 5.74) is 0.172. The number of aromatic nitrogens is 3. The van der Waals surface area contributed by atoms with Crippen molar-refractivity contribution in [2.45, 2.75) is 84.2 Å². The zero-order valence-corrected chi connectivity index (χ0v) is 22.7. The highest BCUT2D eigenvalue weighted by Crippen LogP contribution is 2.40. The molecular weight excluding hydrogens is 499 g/mol. The van der Waals surface area contributed by atoms with E-state index in [2.05, 4.69) is 14.9 Å². The van der Waals surface area contributed by atoms with Crippen LogP contribution in [-0.2, 0) is 11.3 Å². The van der Waals surface area contributed by atoms with Crippen LogP contribution in [0.3, 0.4) is 0 Å². The number of β-amino-alcohol motifs (C(OH)–C–C–N with tert-alkyl or cyclic N) is 1. The van der Waals surface area contributed by atoms with Crippen molar-refractivity contribution in [3.05, 3.63) is 18.6 Å². The molecule has 2 aromatic rings. The number of carbonyl (C=O) groups excluding carboxylic acids is 1. The van der Waals surface area contributed by atoms with Crippen LogP contribution in [0.5, 0.6) is 0 Å². The average Bonchev–Trinajstić information content (AvgIpc) is 3.25. The number of ether oxygens (including phenoxy) is 1. The van der Waals surface area contributed by atoms with Gasteiger partial charge in [-0.25, -0.2) is 14.8 Å². The molecule has 0 unspecified atom stereocenters. The summed E-state index contributed by atoms with van der Waals surface area (Å²) in [7, 11) is 0. The van der Waals surface area contributed by atoms with Crippen molar-refractivity contribution in [2.24, 2.45) is 17.8 Å². The van der Waals surface area contributed by atoms with E-state index >= 15 is 0 Å². The summed E-state index contributed by atoms with van der Waals surface area (Å²) in [6, 6.07) is 1.97. The smallest absolute Gasteiger partial charge is 0.410 e. The zero-order valence-electron chi connectivity index (χ0n) is 22.7. The lowest BCUT2D eigenvalue weighted by Crippen LogP contribution is -2.49. The molecule has 11 heteroatoms. The van der Waals surface area contributed by atoms with Crippen molar-refractivity contribution in [1.82, 2.24) is 19.4 Å². The minimum absolute atomic E-state index is 0.0474. The summed E-state index contributed by atoms with van der Waals surface area (Å²) in [5.74, 6) is -0.241. The lowest BCUT2D eigenvalue weighted by molar-refractivity contribution is -0.183. The maximum Gasteiger partial charge on any atom is 0.410 e. The van der Waals surface area contributed by atoms with E-state index in [1.165, 1.54) is 6.33 Å². The molecule has 2 aromatic heterocycles. The van der Waals surface area contributed by atoms with Gasteiger partial charge in [-0.3, -0.25) is 0 Å². The Morgan fingerprint density at radius 2 is 1.87 bits per heavy atom. The molecule has 0 radical (unpaired) electrons. The molecule has 4 rings (SSSR count). The van der Waals surface area contributed by atoms with Crippen LogP contribution in [0, 0.1) is 17.8 Å². The first-order chi connectivity index (χ1) is 17.9. The topological polar surface area (TPSA) is 83.7 Å². The summed E-state index contributed by atoms with van der Waals surface area (Å²) < 4.78 is 46.7. The molecule has 0 bridgehead atoms. The third kappa shape index (κ3) is 6.71. The maximum absolute atomic E-state index is 13.1. The second-order valence-corrected chi connectivity index (χ2v) is 11.7. The van der Waals surface area contributed by atoms with Crippen LogP contribution >= 0.6 is 0 Å². The first-order valence-corrected chi connectivity index (χ1v) is 13.6. The second-order valence-electron chi connectivity index (χ2n) is 11.7. The highest BCUT2D eigenvalue weighted by Gasteiger charge is 2.41. The number of anilines is 1. The number of fused-ring (bicyclic) bond motifs is 1. The van der Waals surface area contributed by atoms with Gasteiger partial charge in [-0.2, -0.15) is 13.2 Å². The molecule has 2 fully saturated rings. The predicted molar refractivity (Wildman–Crippen MR) is 139 cm³/mol. The molecule has 212 valence electrons. The number of carbonyl (C=O) groups is 1. The monoisotopic (exact) mass is 539 g/mol. The number of hydrogen-bond donors (Lipinski definition) is 1. The molecule has 1 saturated heterocycles. The Kier molecular flexibility index (Phi) is 8.44. The number of amides is 1. The highest BCUT2D eigenvalue weighted by atomic mass is 19.4. The van der Waals surface area contributed by atoms with E-state index in [0.717, 1.165) is 16.9 Å². The number of halogens is 3. The van der Waals surface area contributed by atoms with Crippen molar-refractivity contribution >= 4 is 22.9 Å². The van der Waals surface area contributed by atoms with Crippen LogP contribution in [0.25, 0.3) is 11.0 Å². The summed E-state index contributed by atoms with van der Waals surface area (Å²) in [4.78, 5) is 25.2. The van der Waals surface area contributed by atoms with Crippen molar-refractivity contribution in [1.29, 1.82) is 0 Å². The van der Waals surface area contributed by atoms with Gasteiger partial charge in [-0.1, -0.05) is 0 Å². The largest absolute Gasteiger partial charge is 0.444 e. The number of aliphatic hydroxyl groups is 1. The average molecular weight is 540 g/mol. The molecule has 1 aliphatic carbocycles. The fraction of sp³-hybridized carbons (Fsp3) is 0.741. The van der Waals surface area contributed by atoms with Gasteiger partial charge in [0.1, 0.15) is 23.4 Å². The van der Waals surface area contributed by atoms with Crippen molar-refractivity contribution in [2.75, 3.05) is 31.1 Å². The van der Waals surface area contributed by atoms with Gasteiger partial charge in [-0.15, -0.1) is 0 Å². The number of likely N-dealkylation sites (tertiary alicyclic amines) is 1. The van der Waals surface area contributed by atoms with E-state index < -0.39 is 29.9 Å². The van der Waals surface area contributed by atoms with Crippen LogP contribution in [-0.4, -0.2) is 74.7 Å². The van der Waals surface area contributed by atoms with Gasteiger partial charge in [0.05, 0.1) is 24.0 Å². The van der Waals surface area contributed by atoms with Gasteiger partial charge in [0.25, 0.3) is 0 Å². The fourth-order valence-corrected chi connectivity index (χ4v) is 5.68. The van der Waals surface area contributed by atoms with Gasteiger partial charge in [0, 0.05) is 38.3 Å². The number of aliphatic hydroxyl groups excluding tert-OH is 1. The SMILES string of the molecule is CCN(CC1CCC(C(F)(F)F)CC1)c1ncnc2c1ccn2C[C@H]1CCN(C(=O)OC(C)(C)C)C[C@@H]1O. The molecule has 2 aliphatic rings. The Morgan fingerprint density at radius 3 is 2.47 bits per heavy atom. The molecule has 0 aromatic carbocycles. The summed E-state index contributed by atoms with van der Waals surface area (Å²) in [6.07, 6.45) is 0.422. The minimum Gasteiger partial charge on any atom is -0.444 e. The molecule has 38 heavy (non-hydrogen) atoms. The van der Waals surface area contributed by atoms with Crippen molar-refractivity contribution in [3.63, 3.8) is 0 Å². The van der Waals surface area contributed by atoms with E-state index in [0.29, 0.717) is 45.4 Å². The van der Waals surface area contributed by atoms with Gasteiger partial charge < -0.3 is 24.2 Å². The molecule has 1 saturated carbocycles. The highest BCUT2D eigenvalue weighted by molar-refractivity contribution is 5.87. The summed E-state index contributed by atoms with van der Waals surface area (Å²) in [6.45, 7) is 10.1. The summed E-state index contributed by atoms with van der Waals surface area (Å²) >= 11 is 0. The van der Waals surface area contributed by atoms with Crippen LogP contribution < -0.4 is 4.90 Å². The van der Waals surface area contributed by atoms with E-state index in [1.54, 1.807) is 4.90 Å². The lowest BCUT2D eigenvalue weighted by Gasteiger charge is -2.36. The van der Waals surface area contributed by atoms with E-state index in [9.17, 15) is 23.1 Å². The molecule has 8 nitrogen and oxygen atoms in total. The van der Waals surface area contributed by atoms with Gasteiger partial charge >= 0.3 is 12.3 Å². The Hall–Kier alpha value is -2.56. The molecule has 3 heterocycles. The van der Waals surface area contributed by atoms with Crippen LogP contribution in [0.1, 0.15) is 59.8 Å². The lowest BCUT2D eigenvalue weighted by atomic mass is 9.81. The molecular formula is C27H40F3N5O3. The quantitative estimate of drug-likeness (QED) is 0.540. The van der Waals surface area contributed by atoms with E-state index in [1.807, 2.05) is 44.5 Å². The maximum atomic E-state index is 13.1. The first kappa shape index (κ1) is 28.4. The minimum atomic E-state index is -4.10. The number of alkyl halides is 3. The summed E-state index contributed by atoms with van der Waals surface area (Å²) in [5, 5.41) is 11.7. The van der Waals surface area contributed by atoms with Gasteiger partial charge in [0.2, 0.25) is 0 Å². The predicted octanol–water partition coefficient (Wildman–Crippen LogP) is 5.24. The van der Waals surface area contributed by atoms with Crippen LogP contribution in [0.4, 0.5) is 23.8 Å². The zero-order chi connectivity index (χ0) is 27.7. The number of nitrogens with zero attached hydrogens (tertiary/aromatic N) is 5. The third-order valence-corrected chi connectivity index (χ3v) is 7.81. The second kappa shape index (κ2) is 11.3. The number of rotatable bonds is 6. The molecule has 0 spiro atoms. The Bertz CT molecular complexity index is 1090. The van der Waals surface area contributed by atoms with Crippen LogP contribution in [0.15, 0.2) is 18.6 Å². The molecule has 1 N–H and O–H groups in total. The van der Waals surface area contributed by atoms with Crippen molar-refractivity contribution < 1.29 is 27.8 Å². The molecule has 2 atom stereocenters. The first-order valence-electron chi connectivity index (χ1n) is 13.6. The van der Waals surface area contributed by atoms with Crippen LogP contribution in [0.2, 0.25) is 0 Å². The van der Waals surface area contributed by atoms with Crippen molar-refractivity contribution in [3.8, 4) is 0 Å². The van der Waals surface area contributed by atoms with Gasteiger partial charge in [-0.05, 0) is 71.8 Å². The normalized spacial score (nSPS) is 25.0. The Balaban J connectivity index is 1.41.